The van der Waals surface area contributed by atoms with Crippen molar-refractivity contribution in [3.63, 3.8) is 0 Å². The van der Waals surface area contributed by atoms with E-state index >= 15 is 0 Å². The fourth-order valence-electron chi connectivity index (χ4n) is 2.71. The zero-order valence-corrected chi connectivity index (χ0v) is 17.4. The number of rotatable bonds is 5. The lowest BCUT2D eigenvalue weighted by atomic mass is 9.97. The van der Waals surface area contributed by atoms with Crippen molar-refractivity contribution in [1.82, 2.24) is 15.2 Å². The Balaban J connectivity index is 0.00000312. The van der Waals surface area contributed by atoms with Crippen molar-refractivity contribution in [3.05, 3.63) is 23.9 Å². The summed E-state index contributed by atoms with van der Waals surface area (Å²) in [5.41, 5.74) is 1.02. The molecule has 1 aromatic rings. The van der Waals surface area contributed by atoms with Gasteiger partial charge in [-0.05, 0) is 25.3 Å². The number of esters is 1. The van der Waals surface area contributed by atoms with Crippen molar-refractivity contribution in [2.45, 2.75) is 26.3 Å². The maximum absolute atomic E-state index is 11.6. The van der Waals surface area contributed by atoms with Crippen LogP contribution in [0.2, 0.25) is 0 Å². The molecule has 2 rings (SSSR count). The molecule has 0 unspecified atom stereocenters. The summed E-state index contributed by atoms with van der Waals surface area (Å²) in [4.78, 5) is 22.7. The van der Waals surface area contributed by atoms with E-state index in [1.54, 1.807) is 13.3 Å². The molecule has 0 amide bonds. The molecule has 140 valence electrons. The monoisotopic (exact) mass is 462 g/mol. The number of likely N-dealkylation sites (tertiary alicyclic amines) is 1. The summed E-state index contributed by atoms with van der Waals surface area (Å²) in [7, 11) is 3.05. The summed E-state index contributed by atoms with van der Waals surface area (Å²) in [6.45, 7) is 5.00. The number of halogens is 1. The van der Waals surface area contributed by atoms with E-state index in [4.69, 9.17) is 9.47 Å². The van der Waals surface area contributed by atoms with E-state index in [0.29, 0.717) is 12.4 Å². The fraction of sp³-hybridized carbons (Fsp3) is 0.588. The van der Waals surface area contributed by atoms with Gasteiger partial charge in [-0.1, -0.05) is 6.07 Å². The van der Waals surface area contributed by atoms with Gasteiger partial charge in [-0.2, -0.15) is 0 Å². The number of nitrogens with one attached hydrogen (secondary N) is 1. The van der Waals surface area contributed by atoms with Crippen LogP contribution in [0.3, 0.4) is 0 Å². The lowest BCUT2D eigenvalue weighted by Crippen LogP contribution is -2.46. The normalized spacial score (nSPS) is 15.3. The lowest BCUT2D eigenvalue weighted by molar-refractivity contribution is -0.146. The maximum Gasteiger partial charge on any atom is 0.308 e. The summed E-state index contributed by atoms with van der Waals surface area (Å²) < 4.78 is 9.90. The fourth-order valence-corrected chi connectivity index (χ4v) is 2.71. The molecule has 1 N–H and O–H groups in total. The van der Waals surface area contributed by atoms with Crippen LogP contribution in [0.15, 0.2) is 23.3 Å². The summed E-state index contributed by atoms with van der Waals surface area (Å²) in [5.74, 6) is 1.36. The number of aromatic nitrogens is 1. The van der Waals surface area contributed by atoms with Gasteiger partial charge < -0.3 is 19.7 Å². The molecule has 0 saturated carbocycles. The number of methoxy groups -OCH3 is 2. The van der Waals surface area contributed by atoms with Gasteiger partial charge >= 0.3 is 5.97 Å². The zero-order valence-electron chi connectivity index (χ0n) is 15.0. The minimum atomic E-state index is -0.110. The molecule has 0 bridgehead atoms. The van der Waals surface area contributed by atoms with Crippen molar-refractivity contribution in [2.75, 3.05) is 33.9 Å². The van der Waals surface area contributed by atoms with Crippen LogP contribution in [0.4, 0.5) is 0 Å². The summed E-state index contributed by atoms with van der Waals surface area (Å²) in [6, 6.07) is 3.79. The van der Waals surface area contributed by atoms with Crippen LogP contribution in [-0.2, 0) is 16.1 Å². The van der Waals surface area contributed by atoms with Crippen molar-refractivity contribution in [2.24, 2.45) is 10.9 Å². The number of carbonyl (C=O) groups excluding carboxylic acids is 1. The first kappa shape index (κ1) is 21.5. The van der Waals surface area contributed by atoms with Gasteiger partial charge in [0.2, 0.25) is 5.88 Å². The molecule has 0 aromatic carbocycles. The lowest BCUT2D eigenvalue weighted by Gasteiger charge is -2.33. The maximum atomic E-state index is 11.6. The van der Waals surface area contributed by atoms with Crippen molar-refractivity contribution < 1.29 is 14.3 Å². The molecule has 0 aliphatic carbocycles. The molecule has 2 heterocycles. The Morgan fingerprint density at radius 2 is 2.08 bits per heavy atom. The molecular weight excluding hydrogens is 435 g/mol. The van der Waals surface area contributed by atoms with Gasteiger partial charge in [-0.15, -0.1) is 24.0 Å². The van der Waals surface area contributed by atoms with Gasteiger partial charge in [-0.25, -0.2) is 9.98 Å². The third-order valence-electron chi connectivity index (χ3n) is 4.08. The van der Waals surface area contributed by atoms with Gasteiger partial charge in [0.15, 0.2) is 5.96 Å². The van der Waals surface area contributed by atoms with Crippen LogP contribution in [0, 0.1) is 5.92 Å². The second-order valence-electron chi connectivity index (χ2n) is 5.66. The van der Waals surface area contributed by atoms with E-state index < -0.39 is 0 Å². The van der Waals surface area contributed by atoms with Crippen LogP contribution in [0.1, 0.15) is 25.3 Å². The molecule has 1 saturated heterocycles. The van der Waals surface area contributed by atoms with Crippen LogP contribution in [0.25, 0.3) is 0 Å². The Kier molecular flexibility index (Phi) is 9.54. The Bertz CT molecular complexity index is 558. The second-order valence-corrected chi connectivity index (χ2v) is 5.66. The highest BCUT2D eigenvalue weighted by atomic mass is 127. The van der Waals surface area contributed by atoms with E-state index in [0.717, 1.165) is 44.0 Å². The number of piperidine rings is 1. The predicted molar refractivity (Wildman–Crippen MR) is 107 cm³/mol. The Labute approximate surface area is 166 Å². The number of guanidine groups is 1. The number of aliphatic imine (C=N–C) groups is 1. The molecule has 1 aliphatic rings. The van der Waals surface area contributed by atoms with Gasteiger partial charge in [0, 0.05) is 31.9 Å². The zero-order chi connectivity index (χ0) is 17.4. The van der Waals surface area contributed by atoms with Crippen LogP contribution < -0.4 is 10.1 Å². The molecule has 25 heavy (non-hydrogen) atoms. The average molecular weight is 462 g/mol. The Morgan fingerprint density at radius 3 is 2.60 bits per heavy atom. The quantitative estimate of drug-likeness (QED) is 0.313. The number of hydrogen-bond acceptors (Lipinski definition) is 5. The molecule has 0 atom stereocenters. The molecular formula is C17H27IN4O3. The minimum Gasteiger partial charge on any atom is -0.481 e. The molecule has 0 radical (unpaired) electrons. The predicted octanol–water partition coefficient (Wildman–Crippen LogP) is 2.06. The highest BCUT2D eigenvalue weighted by Crippen LogP contribution is 2.18. The molecule has 1 fully saturated rings. The van der Waals surface area contributed by atoms with E-state index in [-0.39, 0.29) is 35.9 Å². The van der Waals surface area contributed by atoms with Crippen LogP contribution >= 0.6 is 24.0 Å². The third-order valence-corrected chi connectivity index (χ3v) is 4.08. The molecule has 8 heteroatoms. The molecule has 7 nitrogen and oxygen atoms in total. The average Bonchev–Trinajstić information content (AvgIpc) is 2.65. The van der Waals surface area contributed by atoms with Crippen LogP contribution in [-0.4, -0.2) is 55.7 Å². The first-order valence-corrected chi connectivity index (χ1v) is 8.28. The highest BCUT2D eigenvalue weighted by Gasteiger charge is 2.26. The minimum absolute atomic E-state index is 0. The van der Waals surface area contributed by atoms with Gasteiger partial charge in [-0.3, -0.25) is 4.79 Å². The summed E-state index contributed by atoms with van der Waals surface area (Å²) in [6.07, 6.45) is 3.36. The number of carbonyl (C=O) groups is 1. The number of ether oxygens (including phenoxy) is 2. The Morgan fingerprint density at radius 1 is 1.36 bits per heavy atom. The standard InChI is InChI=1S/C17H26N4O3.HI/c1-4-18-17(20-12-13-5-6-15(23-2)19-11-13)21-9-7-14(8-10-21)16(22)24-3;/h5-6,11,14H,4,7-10,12H2,1-3H3,(H,18,20);1H. The largest absolute Gasteiger partial charge is 0.481 e. The van der Waals surface area contributed by atoms with E-state index in [9.17, 15) is 4.79 Å². The van der Waals surface area contributed by atoms with Crippen molar-refractivity contribution >= 4 is 35.9 Å². The van der Waals surface area contributed by atoms with Crippen molar-refractivity contribution in [3.8, 4) is 5.88 Å². The number of hydrogen-bond donors (Lipinski definition) is 1. The number of nitrogens with zero attached hydrogens (tertiary/aromatic N) is 3. The third kappa shape index (κ3) is 6.33. The summed E-state index contributed by atoms with van der Waals surface area (Å²) in [5, 5.41) is 3.32. The smallest absolute Gasteiger partial charge is 0.308 e. The first-order chi connectivity index (χ1) is 11.7. The first-order valence-electron chi connectivity index (χ1n) is 8.28. The molecule has 1 aromatic heterocycles. The Hall–Kier alpha value is -1.58. The topological polar surface area (TPSA) is 76.1 Å². The van der Waals surface area contributed by atoms with E-state index in [2.05, 4.69) is 20.2 Å². The van der Waals surface area contributed by atoms with Gasteiger partial charge in [0.25, 0.3) is 0 Å². The molecule has 1 aliphatic heterocycles. The SMILES string of the molecule is CCNC(=NCc1ccc(OC)nc1)N1CCC(C(=O)OC)CC1.I. The van der Waals surface area contributed by atoms with Gasteiger partial charge in [0.05, 0.1) is 26.7 Å². The highest BCUT2D eigenvalue weighted by molar-refractivity contribution is 14.0. The second kappa shape index (κ2) is 11.1. The van der Waals surface area contributed by atoms with E-state index in [1.165, 1.54) is 7.11 Å². The number of pyridine rings is 1. The van der Waals surface area contributed by atoms with E-state index in [1.807, 2.05) is 19.1 Å². The summed E-state index contributed by atoms with van der Waals surface area (Å²) >= 11 is 0. The molecule has 0 spiro atoms. The van der Waals surface area contributed by atoms with Crippen molar-refractivity contribution in [1.29, 1.82) is 0 Å². The van der Waals surface area contributed by atoms with Crippen LogP contribution in [0.5, 0.6) is 5.88 Å². The van der Waals surface area contributed by atoms with Gasteiger partial charge in [0.1, 0.15) is 0 Å².